The monoisotopic (exact) mass is 521 g/mol. The van der Waals surface area contributed by atoms with Crippen molar-refractivity contribution in [2.75, 3.05) is 26.4 Å². The van der Waals surface area contributed by atoms with Gasteiger partial charge in [-0.3, -0.25) is 18.6 Å². The third-order valence-corrected chi connectivity index (χ3v) is 6.24. The maximum absolute atomic E-state index is 11.8. The fourth-order valence-electron chi connectivity index (χ4n) is 3.28. The highest BCUT2D eigenvalue weighted by Gasteiger charge is 2.23. The molecule has 0 aromatic heterocycles. The number of amides is 1. The molecule has 0 spiro atoms. The molecule has 0 aliphatic rings. The first kappa shape index (κ1) is 33.8. The van der Waals surface area contributed by atoms with Crippen LogP contribution in [0, 0.1) is 0 Å². The first-order valence-electron chi connectivity index (χ1n) is 13.1. The van der Waals surface area contributed by atoms with Gasteiger partial charge in [0.25, 0.3) is 0 Å². The molecule has 10 heteroatoms. The van der Waals surface area contributed by atoms with Crippen LogP contribution in [0.5, 0.6) is 0 Å². The molecule has 3 N–H and O–H groups in total. The number of hydrogen-bond donors (Lipinski definition) is 3. The Kier molecular flexibility index (Phi) is 22.3. The molecule has 9 nitrogen and oxygen atoms in total. The van der Waals surface area contributed by atoms with E-state index < -0.39 is 26.5 Å². The van der Waals surface area contributed by atoms with Crippen molar-refractivity contribution in [3.05, 3.63) is 12.2 Å². The lowest BCUT2D eigenvalue weighted by Gasteiger charge is -2.15. The number of aliphatic hydroxyl groups excluding tert-OH is 1. The van der Waals surface area contributed by atoms with Gasteiger partial charge in [0.2, 0.25) is 5.91 Å². The van der Waals surface area contributed by atoms with E-state index in [1.165, 1.54) is 58.3 Å². The number of aliphatic hydroxyl groups is 1. The molecule has 0 bridgehead atoms. The molecule has 0 aromatic rings. The fraction of sp³-hybridized carbons (Fsp3) is 0.840. The van der Waals surface area contributed by atoms with Crippen LogP contribution in [0.4, 0.5) is 0 Å². The molecule has 0 aliphatic heterocycles. The van der Waals surface area contributed by atoms with Gasteiger partial charge in [-0.15, -0.1) is 0 Å². The lowest BCUT2D eigenvalue weighted by atomic mass is 10.1. The maximum Gasteiger partial charge on any atom is 0.472 e. The van der Waals surface area contributed by atoms with Crippen molar-refractivity contribution in [2.45, 2.75) is 110 Å². The van der Waals surface area contributed by atoms with Crippen molar-refractivity contribution in [3.63, 3.8) is 0 Å². The summed E-state index contributed by atoms with van der Waals surface area (Å²) < 4.78 is 25.6. The highest BCUT2D eigenvalue weighted by molar-refractivity contribution is 7.47. The van der Waals surface area contributed by atoms with Crippen molar-refractivity contribution in [3.8, 4) is 0 Å². The van der Waals surface area contributed by atoms with Gasteiger partial charge in [-0.1, -0.05) is 70.4 Å². The Morgan fingerprint density at radius 1 is 0.886 bits per heavy atom. The topological polar surface area (TPSA) is 131 Å². The number of allylic oxidation sites excluding steroid dienone is 2. The minimum Gasteiger partial charge on any atom is -0.463 e. The third kappa shape index (κ3) is 25.6. The largest absolute Gasteiger partial charge is 0.472 e. The predicted molar refractivity (Wildman–Crippen MR) is 137 cm³/mol. The average molecular weight is 522 g/mol. The molecule has 0 radical (unpaired) electrons. The molecule has 2 atom stereocenters. The quantitative estimate of drug-likeness (QED) is 0.0684. The number of unbranched alkanes of at least 4 members (excludes halogenated alkanes) is 11. The van der Waals surface area contributed by atoms with Crippen LogP contribution in [0.1, 0.15) is 104 Å². The second-order valence-corrected chi connectivity index (χ2v) is 10.2. The summed E-state index contributed by atoms with van der Waals surface area (Å²) in [5.41, 5.74) is 0. The number of phosphoric ester groups is 1. The standard InChI is InChI=1S/C25H48NO8P/c1-3-4-5-6-7-8-9-10-11-12-13-14-15-16-17-18-25(29)26-19-20-33-35(30,31)34-22-24(28)21-32-23(2)27/h10-11,24,28H,3-9,12-22H2,1-2H3,(H,26,29)(H,30,31)/b11-10-. The van der Waals surface area contributed by atoms with Gasteiger partial charge >= 0.3 is 13.8 Å². The van der Waals surface area contributed by atoms with E-state index in [-0.39, 0.29) is 25.7 Å². The van der Waals surface area contributed by atoms with Gasteiger partial charge in [0, 0.05) is 19.9 Å². The fourth-order valence-corrected chi connectivity index (χ4v) is 4.03. The van der Waals surface area contributed by atoms with E-state index in [0.717, 1.165) is 32.1 Å². The summed E-state index contributed by atoms with van der Waals surface area (Å²) in [5, 5.41) is 12.1. The number of ether oxygens (including phenoxy) is 1. The molecule has 0 rings (SSSR count). The van der Waals surface area contributed by atoms with E-state index in [2.05, 4.69) is 33.7 Å². The van der Waals surface area contributed by atoms with Gasteiger partial charge in [0.05, 0.1) is 13.2 Å². The van der Waals surface area contributed by atoms with Gasteiger partial charge in [0.15, 0.2) is 0 Å². The molecule has 0 saturated heterocycles. The maximum atomic E-state index is 11.8. The Bertz CT molecular complexity index is 614. The summed E-state index contributed by atoms with van der Waals surface area (Å²) in [6.07, 6.45) is 19.4. The first-order chi connectivity index (χ1) is 16.8. The minimum absolute atomic E-state index is 0.0772. The van der Waals surface area contributed by atoms with Crippen LogP contribution in [0.2, 0.25) is 0 Å². The van der Waals surface area contributed by atoms with Crippen molar-refractivity contribution in [1.82, 2.24) is 5.32 Å². The Morgan fingerprint density at radius 2 is 1.46 bits per heavy atom. The van der Waals surface area contributed by atoms with Crippen molar-refractivity contribution < 1.29 is 37.9 Å². The second kappa shape index (κ2) is 23.2. The number of esters is 1. The summed E-state index contributed by atoms with van der Waals surface area (Å²) >= 11 is 0. The predicted octanol–water partition coefficient (Wildman–Crippen LogP) is 5.20. The zero-order chi connectivity index (χ0) is 26.2. The summed E-state index contributed by atoms with van der Waals surface area (Å²) in [4.78, 5) is 32.0. The van der Waals surface area contributed by atoms with Crippen LogP contribution in [0.25, 0.3) is 0 Å². The van der Waals surface area contributed by atoms with Crippen LogP contribution in [-0.4, -0.2) is 54.3 Å². The van der Waals surface area contributed by atoms with Crippen LogP contribution in [0.3, 0.4) is 0 Å². The number of rotatable bonds is 24. The Morgan fingerprint density at radius 3 is 2.06 bits per heavy atom. The molecular formula is C25H48NO8P. The zero-order valence-electron chi connectivity index (χ0n) is 21.8. The zero-order valence-corrected chi connectivity index (χ0v) is 22.6. The number of carbonyl (C=O) groups excluding carboxylic acids is 2. The highest BCUT2D eigenvalue weighted by atomic mass is 31.2. The summed E-state index contributed by atoms with van der Waals surface area (Å²) in [7, 11) is -4.36. The molecule has 0 heterocycles. The van der Waals surface area contributed by atoms with E-state index in [1.807, 2.05) is 0 Å². The molecule has 0 aliphatic carbocycles. The molecular weight excluding hydrogens is 473 g/mol. The van der Waals surface area contributed by atoms with Gasteiger partial charge in [-0.25, -0.2) is 4.57 Å². The molecule has 1 amide bonds. The summed E-state index contributed by atoms with van der Waals surface area (Å²) in [5.74, 6) is -0.707. The van der Waals surface area contributed by atoms with Gasteiger partial charge < -0.3 is 20.1 Å². The van der Waals surface area contributed by atoms with E-state index >= 15 is 0 Å². The lowest BCUT2D eigenvalue weighted by molar-refractivity contribution is -0.144. The van der Waals surface area contributed by atoms with E-state index in [1.54, 1.807) is 0 Å². The van der Waals surface area contributed by atoms with Crippen molar-refractivity contribution in [1.29, 1.82) is 0 Å². The van der Waals surface area contributed by atoms with Crippen molar-refractivity contribution in [2.24, 2.45) is 0 Å². The molecule has 0 fully saturated rings. The molecule has 2 unspecified atom stereocenters. The molecule has 206 valence electrons. The normalized spacial score (nSPS) is 14.1. The van der Waals surface area contributed by atoms with Crippen LogP contribution in [-0.2, 0) is 27.9 Å². The number of carbonyl (C=O) groups is 2. The smallest absolute Gasteiger partial charge is 0.463 e. The Hall–Kier alpha value is -1.25. The average Bonchev–Trinajstić information content (AvgIpc) is 2.81. The number of phosphoric acid groups is 1. The number of nitrogens with one attached hydrogen (secondary N) is 1. The lowest BCUT2D eigenvalue weighted by Crippen LogP contribution is -2.27. The van der Waals surface area contributed by atoms with Gasteiger partial charge in [-0.2, -0.15) is 0 Å². The third-order valence-electron chi connectivity index (χ3n) is 5.25. The molecule has 0 aromatic carbocycles. The van der Waals surface area contributed by atoms with Crippen LogP contribution >= 0.6 is 7.82 Å². The Labute approximate surface area is 211 Å². The SMILES string of the molecule is CCCCCCCC/C=C\CCCCCCCC(=O)NCCOP(=O)(O)OCC(O)COC(C)=O. The number of hydrogen-bond acceptors (Lipinski definition) is 7. The highest BCUT2D eigenvalue weighted by Crippen LogP contribution is 2.42. The van der Waals surface area contributed by atoms with E-state index in [9.17, 15) is 24.2 Å². The van der Waals surface area contributed by atoms with E-state index in [4.69, 9.17) is 4.52 Å². The van der Waals surface area contributed by atoms with E-state index in [0.29, 0.717) is 6.42 Å². The van der Waals surface area contributed by atoms with Gasteiger partial charge in [-0.05, 0) is 32.1 Å². The molecule has 35 heavy (non-hydrogen) atoms. The van der Waals surface area contributed by atoms with Crippen LogP contribution < -0.4 is 5.32 Å². The van der Waals surface area contributed by atoms with Gasteiger partial charge in [0.1, 0.15) is 12.7 Å². The molecule has 0 saturated carbocycles. The minimum atomic E-state index is -4.36. The first-order valence-corrected chi connectivity index (χ1v) is 14.6. The Balaban J connectivity index is 3.53. The van der Waals surface area contributed by atoms with Crippen LogP contribution in [0.15, 0.2) is 12.2 Å². The second-order valence-electron chi connectivity index (χ2n) is 8.74. The summed E-state index contributed by atoms with van der Waals surface area (Å²) in [6, 6.07) is 0. The van der Waals surface area contributed by atoms with Crippen molar-refractivity contribution >= 4 is 19.7 Å². The summed E-state index contributed by atoms with van der Waals surface area (Å²) in [6.45, 7) is 2.43.